The summed E-state index contributed by atoms with van der Waals surface area (Å²) in [6, 6.07) is 20.1. The van der Waals surface area contributed by atoms with E-state index in [1.54, 1.807) is 46.2 Å². The number of nitrogens with zero attached hydrogens (tertiary/aromatic N) is 2. The molecule has 2 heterocycles. The molecule has 3 aromatic rings. The molecular formula is C27H25N3O5. The fourth-order valence-corrected chi connectivity index (χ4v) is 4.76. The predicted octanol–water partition coefficient (Wildman–Crippen LogP) is 3.53. The van der Waals surface area contributed by atoms with E-state index in [1.165, 1.54) is 14.2 Å². The maximum Gasteiger partial charge on any atom is 0.264 e. The Balaban J connectivity index is 1.46. The Morgan fingerprint density at radius 3 is 2.40 bits per heavy atom. The normalized spacial score (nSPS) is 15.9. The van der Waals surface area contributed by atoms with Gasteiger partial charge in [0.1, 0.15) is 6.17 Å². The molecule has 0 saturated carbocycles. The number of carbonyl (C=O) groups excluding carboxylic acids is 3. The third kappa shape index (κ3) is 3.77. The van der Waals surface area contributed by atoms with E-state index < -0.39 is 6.17 Å². The predicted molar refractivity (Wildman–Crippen MR) is 129 cm³/mol. The van der Waals surface area contributed by atoms with Crippen LogP contribution in [-0.2, 0) is 11.3 Å². The number of fused-ring (bicyclic) bond motifs is 5. The quantitative estimate of drug-likeness (QED) is 0.570. The molecule has 0 aliphatic carbocycles. The summed E-state index contributed by atoms with van der Waals surface area (Å²) in [5.41, 5.74) is 2.95. The third-order valence-corrected chi connectivity index (χ3v) is 6.40. The van der Waals surface area contributed by atoms with Crippen LogP contribution in [0.15, 0.2) is 66.7 Å². The molecule has 0 bridgehead atoms. The molecule has 8 nitrogen and oxygen atoms in total. The van der Waals surface area contributed by atoms with E-state index >= 15 is 0 Å². The first-order valence-corrected chi connectivity index (χ1v) is 11.3. The van der Waals surface area contributed by atoms with Crippen LogP contribution in [0.2, 0.25) is 0 Å². The zero-order valence-electron chi connectivity index (χ0n) is 19.5. The molecule has 178 valence electrons. The fourth-order valence-electron chi connectivity index (χ4n) is 4.76. The topological polar surface area (TPSA) is 88.2 Å². The highest BCUT2D eigenvalue weighted by Crippen LogP contribution is 2.49. The Morgan fingerprint density at radius 1 is 0.914 bits per heavy atom. The highest BCUT2D eigenvalue weighted by Gasteiger charge is 2.49. The summed E-state index contributed by atoms with van der Waals surface area (Å²) >= 11 is 0. The number of anilines is 1. The molecule has 1 N–H and O–H groups in total. The van der Waals surface area contributed by atoms with Gasteiger partial charge >= 0.3 is 0 Å². The molecular weight excluding hydrogens is 446 g/mol. The maximum atomic E-state index is 13.7. The number of hydrogen-bond acceptors (Lipinski definition) is 5. The van der Waals surface area contributed by atoms with Gasteiger partial charge in [0.25, 0.3) is 11.8 Å². The van der Waals surface area contributed by atoms with Crippen LogP contribution in [0.25, 0.3) is 0 Å². The SMILES string of the molecule is COc1ccc2c(c1OC)C(=O)N1c3ccccc3C(=O)N(CCC(=O)NCc3ccccc3)C21. The monoisotopic (exact) mass is 471 g/mol. The van der Waals surface area contributed by atoms with Gasteiger partial charge in [-0.15, -0.1) is 0 Å². The standard InChI is InChI=1S/C27H25N3O5/c1-34-21-13-12-19-23(24(21)35-2)27(33)30-20-11-7-6-10-18(20)26(32)29(25(19)30)15-14-22(31)28-16-17-8-4-3-5-9-17/h3-13,25H,14-16H2,1-2H3,(H,28,31). The van der Waals surface area contributed by atoms with Crippen molar-refractivity contribution in [3.63, 3.8) is 0 Å². The first-order chi connectivity index (χ1) is 17.0. The number of carbonyl (C=O) groups is 3. The zero-order chi connectivity index (χ0) is 24.5. The molecule has 35 heavy (non-hydrogen) atoms. The van der Waals surface area contributed by atoms with Crippen molar-refractivity contribution in [2.45, 2.75) is 19.1 Å². The number of nitrogens with one attached hydrogen (secondary N) is 1. The number of ether oxygens (including phenoxy) is 2. The molecule has 2 aliphatic rings. The smallest absolute Gasteiger partial charge is 0.264 e. The van der Waals surface area contributed by atoms with Crippen molar-refractivity contribution in [1.29, 1.82) is 0 Å². The van der Waals surface area contributed by atoms with Gasteiger partial charge in [-0.25, -0.2) is 0 Å². The van der Waals surface area contributed by atoms with Crippen molar-refractivity contribution in [2.75, 3.05) is 25.7 Å². The molecule has 5 rings (SSSR count). The highest BCUT2D eigenvalue weighted by atomic mass is 16.5. The molecule has 0 aromatic heterocycles. The number of amides is 3. The van der Waals surface area contributed by atoms with Crippen LogP contribution in [0, 0.1) is 0 Å². The molecule has 2 aliphatic heterocycles. The first-order valence-electron chi connectivity index (χ1n) is 11.3. The fraction of sp³-hybridized carbons (Fsp3) is 0.222. The Kier molecular flexibility index (Phi) is 5.86. The Morgan fingerprint density at radius 2 is 1.66 bits per heavy atom. The van der Waals surface area contributed by atoms with Crippen LogP contribution in [0.1, 0.15) is 44.4 Å². The van der Waals surface area contributed by atoms with Gasteiger partial charge in [0, 0.05) is 25.1 Å². The number of para-hydroxylation sites is 1. The third-order valence-electron chi connectivity index (χ3n) is 6.40. The van der Waals surface area contributed by atoms with Crippen LogP contribution in [0.3, 0.4) is 0 Å². The molecule has 0 saturated heterocycles. The highest BCUT2D eigenvalue weighted by molar-refractivity contribution is 6.18. The Bertz CT molecular complexity index is 1310. The molecule has 0 radical (unpaired) electrons. The first kappa shape index (κ1) is 22.5. The van der Waals surface area contributed by atoms with Crippen molar-refractivity contribution in [1.82, 2.24) is 10.2 Å². The second-order valence-corrected chi connectivity index (χ2v) is 8.34. The largest absolute Gasteiger partial charge is 0.493 e. The van der Waals surface area contributed by atoms with E-state index in [1.807, 2.05) is 30.3 Å². The van der Waals surface area contributed by atoms with E-state index in [0.717, 1.165) is 5.56 Å². The number of hydrogen-bond donors (Lipinski definition) is 1. The van der Waals surface area contributed by atoms with Crippen LogP contribution in [0.5, 0.6) is 11.5 Å². The average Bonchev–Trinajstić information content (AvgIpc) is 3.19. The summed E-state index contributed by atoms with van der Waals surface area (Å²) in [6.07, 6.45) is -0.580. The summed E-state index contributed by atoms with van der Waals surface area (Å²) in [5.74, 6) is 0.0806. The molecule has 8 heteroatoms. The Labute approximate surface area is 203 Å². The summed E-state index contributed by atoms with van der Waals surface area (Å²) < 4.78 is 10.9. The number of methoxy groups -OCH3 is 2. The van der Waals surface area contributed by atoms with Gasteiger partial charge in [-0.3, -0.25) is 19.3 Å². The van der Waals surface area contributed by atoms with E-state index in [2.05, 4.69) is 5.32 Å². The van der Waals surface area contributed by atoms with E-state index in [4.69, 9.17) is 9.47 Å². The summed E-state index contributed by atoms with van der Waals surface area (Å²) in [5, 5.41) is 2.90. The van der Waals surface area contributed by atoms with Crippen LogP contribution in [-0.4, -0.2) is 43.4 Å². The van der Waals surface area contributed by atoms with E-state index in [0.29, 0.717) is 40.4 Å². The summed E-state index contributed by atoms with van der Waals surface area (Å²) in [7, 11) is 2.99. The lowest BCUT2D eigenvalue weighted by molar-refractivity contribution is -0.121. The van der Waals surface area contributed by atoms with Gasteiger partial charge in [-0.1, -0.05) is 48.5 Å². The van der Waals surface area contributed by atoms with Crippen molar-refractivity contribution in [2.24, 2.45) is 0 Å². The molecule has 1 unspecified atom stereocenters. The van der Waals surface area contributed by atoms with Crippen LogP contribution < -0.4 is 19.7 Å². The molecule has 0 fully saturated rings. The van der Waals surface area contributed by atoms with E-state index in [9.17, 15) is 14.4 Å². The van der Waals surface area contributed by atoms with Crippen molar-refractivity contribution < 1.29 is 23.9 Å². The van der Waals surface area contributed by atoms with Gasteiger partial charge in [0.2, 0.25) is 5.91 Å². The van der Waals surface area contributed by atoms with Crippen molar-refractivity contribution >= 4 is 23.4 Å². The van der Waals surface area contributed by atoms with Crippen LogP contribution in [0.4, 0.5) is 5.69 Å². The maximum absolute atomic E-state index is 13.7. The molecule has 3 amide bonds. The lowest BCUT2D eigenvalue weighted by Gasteiger charge is -2.40. The van der Waals surface area contributed by atoms with Crippen molar-refractivity contribution in [3.05, 3.63) is 89.0 Å². The minimum absolute atomic E-state index is 0.0991. The van der Waals surface area contributed by atoms with Crippen LogP contribution >= 0.6 is 0 Å². The molecule has 3 aromatic carbocycles. The van der Waals surface area contributed by atoms with Gasteiger partial charge in [0.15, 0.2) is 11.5 Å². The average molecular weight is 472 g/mol. The number of benzene rings is 3. The summed E-state index contributed by atoms with van der Waals surface area (Å²) in [4.78, 5) is 43.0. The lowest BCUT2D eigenvalue weighted by Crippen LogP contribution is -2.49. The Hall–Kier alpha value is -4.33. The minimum Gasteiger partial charge on any atom is -0.493 e. The zero-order valence-corrected chi connectivity index (χ0v) is 19.5. The lowest BCUT2D eigenvalue weighted by atomic mass is 10.0. The van der Waals surface area contributed by atoms with E-state index in [-0.39, 0.29) is 30.7 Å². The minimum atomic E-state index is -0.679. The summed E-state index contributed by atoms with van der Waals surface area (Å²) in [6.45, 7) is 0.556. The van der Waals surface area contributed by atoms with Gasteiger partial charge in [-0.2, -0.15) is 0 Å². The van der Waals surface area contributed by atoms with Gasteiger partial charge < -0.3 is 19.7 Å². The van der Waals surface area contributed by atoms with Gasteiger partial charge in [0.05, 0.1) is 31.0 Å². The second kappa shape index (κ2) is 9.13. The molecule has 1 atom stereocenters. The van der Waals surface area contributed by atoms with Gasteiger partial charge in [-0.05, 0) is 23.8 Å². The second-order valence-electron chi connectivity index (χ2n) is 8.34. The van der Waals surface area contributed by atoms with Crippen molar-refractivity contribution in [3.8, 4) is 11.5 Å². The number of rotatable bonds is 7. The molecule has 0 spiro atoms.